The van der Waals surface area contributed by atoms with Crippen molar-refractivity contribution in [3.05, 3.63) is 77.2 Å². The van der Waals surface area contributed by atoms with Gasteiger partial charge in [0.15, 0.2) is 0 Å². The Morgan fingerprint density at radius 3 is 2.74 bits per heavy atom. The Kier molecular flexibility index (Phi) is 6.07. The van der Waals surface area contributed by atoms with Crippen molar-refractivity contribution in [1.82, 2.24) is 9.88 Å². The maximum absolute atomic E-state index is 13.3. The lowest BCUT2D eigenvalue weighted by Crippen LogP contribution is -2.34. The molecule has 1 N–H and O–H groups in total. The van der Waals surface area contributed by atoms with Crippen molar-refractivity contribution >= 4 is 21.2 Å². The van der Waals surface area contributed by atoms with Crippen molar-refractivity contribution in [3.63, 3.8) is 0 Å². The van der Waals surface area contributed by atoms with E-state index in [9.17, 15) is 12.8 Å². The quantitative estimate of drug-likeness (QED) is 0.619. The molecular weight excluding hydrogens is 413 g/mol. The van der Waals surface area contributed by atoms with Crippen LogP contribution in [0.2, 0.25) is 0 Å². The lowest BCUT2D eigenvalue weighted by atomic mass is 9.97. The lowest BCUT2D eigenvalue weighted by Gasteiger charge is -2.30. The summed E-state index contributed by atoms with van der Waals surface area (Å²) in [6.45, 7) is 4.15. The van der Waals surface area contributed by atoms with Crippen molar-refractivity contribution in [3.8, 4) is 11.3 Å². The van der Waals surface area contributed by atoms with E-state index in [2.05, 4.69) is 27.3 Å². The largest absolute Gasteiger partial charge is 0.355 e. The van der Waals surface area contributed by atoms with Gasteiger partial charge in [-0.15, -0.1) is 0 Å². The summed E-state index contributed by atoms with van der Waals surface area (Å²) in [6.07, 6.45) is 3.38. The van der Waals surface area contributed by atoms with Gasteiger partial charge in [0, 0.05) is 42.8 Å². The molecule has 0 saturated heterocycles. The van der Waals surface area contributed by atoms with Gasteiger partial charge < -0.3 is 5.32 Å². The van der Waals surface area contributed by atoms with Crippen LogP contribution < -0.4 is 5.32 Å². The van der Waals surface area contributed by atoms with E-state index in [0.717, 1.165) is 47.7 Å². The minimum atomic E-state index is -2.96. The van der Waals surface area contributed by atoms with Crippen LogP contribution in [0.25, 0.3) is 11.3 Å². The molecule has 1 aliphatic rings. The summed E-state index contributed by atoms with van der Waals surface area (Å²) in [4.78, 5) is 6.41. The molecule has 0 spiro atoms. The van der Waals surface area contributed by atoms with E-state index in [1.807, 2.05) is 31.2 Å². The molecule has 0 saturated carbocycles. The van der Waals surface area contributed by atoms with Gasteiger partial charge in [-0.2, -0.15) is 0 Å². The predicted molar refractivity (Wildman–Crippen MR) is 123 cm³/mol. The van der Waals surface area contributed by atoms with E-state index >= 15 is 0 Å². The molecule has 0 unspecified atom stereocenters. The molecule has 0 aliphatic carbocycles. The Bertz CT molecular complexity index is 1190. The SMILES string of the molecule is Cc1ccc(Nc2cccc3c2CCN(CCS(C)(=O)=O)C3)cc1-c1ccc(F)cn1. The summed E-state index contributed by atoms with van der Waals surface area (Å²) < 4.78 is 36.2. The Labute approximate surface area is 182 Å². The molecule has 2 aromatic carbocycles. The van der Waals surface area contributed by atoms with Crippen LogP contribution in [0.4, 0.5) is 15.8 Å². The number of pyridine rings is 1. The van der Waals surface area contributed by atoms with Gasteiger partial charge in [-0.1, -0.05) is 18.2 Å². The van der Waals surface area contributed by atoms with E-state index in [4.69, 9.17) is 0 Å². The van der Waals surface area contributed by atoms with Gasteiger partial charge in [0.1, 0.15) is 15.7 Å². The van der Waals surface area contributed by atoms with Crippen LogP contribution in [0.5, 0.6) is 0 Å². The molecule has 0 amide bonds. The third kappa shape index (κ3) is 5.29. The second-order valence-electron chi connectivity index (χ2n) is 8.12. The number of rotatable bonds is 6. The van der Waals surface area contributed by atoms with E-state index in [0.29, 0.717) is 6.54 Å². The Morgan fingerprint density at radius 1 is 1.16 bits per heavy atom. The fraction of sp³-hybridized carbons (Fsp3) is 0.292. The third-order valence-electron chi connectivity index (χ3n) is 5.64. The zero-order chi connectivity index (χ0) is 22.0. The van der Waals surface area contributed by atoms with Crippen LogP contribution in [0, 0.1) is 12.7 Å². The molecule has 0 fully saturated rings. The molecule has 7 heteroatoms. The number of nitrogens with one attached hydrogen (secondary N) is 1. The number of benzene rings is 2. The van der Waals surface area contributed by atoms with E-state index in [1.54, 1.807) is 6.07 Å². The van der Waals surface area contributed by atoms with Gasteiger partial charge in [-0.05, 0) is 60.4 Å². The summed E-state index contributed by atoms with van der Waals surface area (Å²) in [5.74, 6) is -0.165. The summed E-state index contributed by atoms with van der Waals surface area (Å²) in [5.41, 5.74) is 7.25. The molecule has 0 atom stereocenters. The average Bonchev–Trinajstić information content (AvgIpc) is 2.74. The highest BCUT2D eigenvalue weighted by Gasteiger charge is 2.20. The second-order valence-corrected chi connectivity index (χ2v) is 10.4. The van der Waals surface area contributed by atoms with Crippen LogP contribution in [0.15, 0.2) is 54.7 Å². The number of hydrogen-bond donors (Lipinski definition) is 1. The van der Waals surface area contributed by atoms with Crippen molar-refractivity contribution in [1.29, 1.82) is 0 Å². The van der Waals surface area contributed by atoms with E-state index in [1.165, 1.54) is 29.6 Å². The maximum Gasteiger partial charge on any atom is 0.148 e. The number of hydrogen-bond acceptors (Lipinski definition) is 5. The summed E-state index contributed by atoms with van der Waals surface area (Å²) in [7, 11) is -2.96. The predicted octanol–water partition coefficient (Wildman–Crippen LogP) is 4.34. The molecule has 3 aromatic rings. The highest BCUT2D eigenvalue weighted by Crippen LogP contribution is 2.31. The molecule has 2 heterocycles. The molecule has 0 radical (unpaired) electrons. The number of sulfone groups is 1. The van der Waals surface area contributed by atoms with Gasteiger partial charge in [-0.25, -0.2) is 12.8 Å². The molecular formula is C24H26FN3O2S. The molecule has 5 nitrogen and oxygen atoms in total. The molecule has 162 valence electrons. The summed E-state index contributed by atoms with van der Waals surface area (Å²) in [5, 5.41) is 3.54. The van der Waals surface area contributed by atoms with Gasteiger partial charge in [0.05, 0.1) is 17.6 Å². The summed E-state index contributed by atoms with van der Waals surface area (Å²) in [6, 6.07) is 15.4. The summed E-state index contributed by atoms with van der Waals surface area (Å²) >= 11 is 0. The number of halogens is 1. The van der Waals surface area contributed by atoms with E-state index in [-0.39, 0.29) is 11.6 Å². The third-order valence-corrected chi connectivity index (χ3v) is 6.57. The Balaban J connectivity index is 1.55. The van der Waals surface area contributed by atoms with Crippen LogP contribution >= 0.6 is 0 Å². The fourth-order valence-corrected chi connectivity index (χ4v) is 4.53. The number of aryl methyl sites for hydroxylation is 1. The van der Waals surface area contributed by atoms with Crippen LogP contribution in [0.3, 0.4) is 0 Å². The number of nitrogens with zero attached hydrogens (tertiary/aromatic N) is 2. The van der Waals surface area contributed by atoms with Gasteiger partial charge in [0.25, 0.3) is 0 Å². The first kappa shape index (κ1) is 21.5. The highest BCUT2D eigenvalue weighted by atomic mass is 32.2. The van der Waals surface area contributed by atoms with Crippen molar-refractivity contribution < 1.29 is 12.8 Å². The van der Waals surface area contributed by atoms with Gasteiger partial charge >= 0.3 is 0 Å². The monoisotopic (exact) mass is 439 g/mol. The van der Waals surface area contributed by atoms with E-state index < -0.39 is 9.84 Å². The second kappa shape index (κ2) is 8.77. The minimum Gasteiger partial charge on any atom is -0.355 e. The van der Waals surface area contributed by atoms with Crippen LogP contribution in [-0.4, -0.2) is 43.4 Å². The first-order chi connectivity index (χ1) is 14.8. The lowest BCUT2D eigenvalue weighted by molar-refractivity contribution is 0.269. The maximum atomic E-state index is 13.3. The van der Waals surface area contributed by atoms with Crippen molar-refractivity contribution in [2.75, 3.05) is 30.4 Å². The normalized spacial score (nSPS) is 14.3. The molecule has 1 aliphatic heterocycles. The first-order valence-corrected chi connectivity index (χ1v) is 12.3. The van der Waals surface area contributed by atoms with Gasteiger partial charge in [-0.3, -0.25) is 9.88 Å². The van der Waals surface area contributed by atoms with Gasteiger partial charge in [0.2, 0.25) is 0 Å². The smallest absolute Gasteiger partial charge is 0.148 e. The Morgan fingerprint density at radius 2 is 2.00 bits per heavy atom. The standard InChI is InChI=1S/C24H26FN3O2S/c1-17-6-8-20(14-22(17)23-9-7-19(25)15-26-23)27-24-5-3-4-18-16-28(11-10-21(18)24)12-13-31(2,29)30/h3-9,14-15,27H,10-13,16H2,1-2H3. The topological polar surface area (TPSA) is 62.3 Å². The molecule has 31 heavy (non-hydrogen) atoms. The van der Waals surface area contributed by atoms with Crippen LogP contribution in [-0.2, 0) is 22.8 Å². The molecule has 4 rings (SSSR count). The first-order valence-electron chi connectivity index (χ1n) is 10.3. The number of aromatic nitrogens is 1. The zero-order valence-corrected chi connectivity index (χ0v) is 18.5. The number of fused-ring (bicyclic) bond motifs is 1. The molecule has 1 aromatic heterocycles. The fourth-order valence-electron chi connectivity index (χ4n) is 3.94. The van der Waals surface area contributed by atoms with Crippen molar-refractivity contribution in [2.24, 2.45) is 0 Å². The molecule has 0 bridgehead atoms. The van der Waals surface area contributed by atoms with Crippen LogP contribution in [0.1, 0.15) is 16.7 Å². The Hall–Kier alpha value is -2.77. The average molecular weight is 440 g/mol. The number of anilines is 2. The van der Waals surface area contributed by atoms with Crippen molar-refractivity contribution in [2.45, 2.75) is 19.9 Å². The minimum absolute atomic E-state index is 0.184. The zero-order valence-electron chi connectivity index (χ0n) is 17.7. The highest BCUT2D eigenvalue weighted by molar-refractivity contribution is 7.90.